The van der Waals surface area contributed by atoms with Crippen molar-refractivity contribution in [2.75, 3.05) is 11.1 Å². The molecule has 0 radical (unpaired) electrons. The Kier molecular flexibility index (Phi) is 5.56. The number of aromatic nitrogens is 4. The van der Waals surface area contributed by atoms with Gasteiger partial charge in [-0.2, -0.15) is 13.2 Å². The highest BCUT2D eigenvalue weighted by atomic mass is 32.2. The minimum Gasteiger partial charge on any atom is -0.325 e. The van der Waals surface area contributed by atoms with Crippen LogP contribution in [0, 0.1) is 12.8 Å². The van der Waals surface area contributed by atoms with Crippen LogP contribution < -0.4 is 5.32 Å². The predicted octanol–water partition coefficient (Wildman–Crippen LogP) is 5.52. The van der Waals surface area contributed by atoms with Gasteiger partial charge >= 0.3 is 6.18 Å². The summed E-state index contributed by atoms with van der Waals surface area (Å²) < 4.78 is 41.4. The maximum atomic E-state index is 13.2. The topological polar surface area (TPSA) is 72.2 Å². The maximum absolute atomic E-state index is 13.2. The molecule has 6 nitrogen and oxygen atoms in total. The molecule has 1 aliphatic carbocycles. The summed E-state index contributed by atoms with van der Waals surface area (Å²) in [5, 5.41) is 12.5. The second-order valence-corrected chi connectivity index (χ2v) is 10.2. The molecule has 5 rings (SSSR count). The average molecular weight is 492 g/mol. The van der Waals surface area contributed by atoms with Crippen LogP contribution in [0.3, 0.4) is 0 Å². The highest BCUT2D eigenvalue weighted by Gasteiger charge is 2.33. The van der Waals surface area contributed by atoms with Crippen LogP contribution in [0.2, 0.25) is 0 Å². The Morgan fingerprint density at radius 3 is 2.88 bits per heavy atom. The first-order valence-electron chi connectivity index (χ1n) is 10.5. The molecular weight excluding hydrogens is 471 g/mol. The van der Waals surface area contributed by atoms with Crippen molar-refractivity contribution in [1.82, 2.24) is 19.6 Å². The van der Waals surface area contributed by atoms with Crippen LogP contribution in [0.15, 0.2) is 29.4 Å². The largest absolute Gasteiger partial charge is 0.418 e. The van der Waals surface area contributed by atoms with Crippen LogP contribution >= 0.6 is 23.1 Å². The number of aryl methyl sites for hydroxylation is 2. The third-order valence-electron chi connectivity index (χ3n) is 5.78. The molecule has 0 fully saturated rings. The maximum Gasteiger partial charge on any atom is 0.418 e. The van der Waals surface area contributed by atoms with Crippen molar-refractivity contribution in [2.45, 2.75) is 44.4 Å². The van der Waals surface area contributed by atoms with E-state index in [-0.39, 0.29) is 11.4 Å². The molecule has 3 aromatic heterocycles. The summed E-state index contributed by atoms with van der Waals surface area (Å²) in [6.07, 6.45) is -1.41. The van der Waals surface area contributed by atoms with Gasteiger partial charge in [0, 0.05) is 4.88 Å². The van der Waals surface area contributed by atoms with Crippen molar-refractivity contribution >= 4 is 50.6 Å². The number of carbonyl (C=O) groups excluding carboxylic acids is 1. The minimum absolute atomic E-state index is 0.107. The lowest BCUT2D eigenvalue weighted by atomic mass is 9.89. The highest BCUT2D eigenvalue weighted by molar-refractivity contribution is 7.99. The van der Waals surface area contributed by atoms with Crippen molar-refractivity contribution in [3.8, 4) is 0 Å². The molecule has 0 saturated carbocycles. The molecule has 33 heavy (non-hydrogen) atoms. The van der Waals surface area contributed by atoms with Gasteiger partial charge in [0.25, 0.3) is 0 Å². The van der Waals surface area contributed by atoms with E-state index in [1.165, 1.54) is 28.6 Å². The molecule has 3 heterocycles. The summed E-state index contributed by atoms with van der Waals surface area (Å²) in [6.45, 7) is 4.12. The lowest BCUT2D eigenvalue weighted by Crippen LogP contribution is -2.18. The normalized spacial score (nSPS) is 16.3. The molecule has 0 saturated heterocycles. The van der Waals surface area contributed by atoms with E-state index >= 15 is 0 Å². The van der Waals surface area contributed by atoms with Gasteiger partial charge in [-0.1, -0.05) is 30.8 Å². The number of nitrogens with one attached hydrogen (secondary N) is 1. The molecule has 172 valence electrons. The molecule has 0 spiro atoms. The standard InChI is InChI=1S/C22H20F3N5OS2/c1-11-7-8-13-16(9-11)33-20-18(13)19-28-29-21(30(19)12(2)26-20)32-10-17(31)27-15-6-4-3-5-14(15)22(23,24)25/h3-6,11H,7-10H2,1-2H3,(H,27,31)/t11-/m0/s1. The first-order chi connectivity index (χ1) is 15.7. The number of halogens is 3. The monoisotopic (exact) mass is 491 g/mol. The van der Waals surface area contributed by atoms with Crippen molar-refractivity contribution in [2.24, 2.45) is 5.92 Å². The number of nitrogens with zero attached hydrogens (tertiary/aromatic N) is 4. The molecule has 1 N–H and O–H groups in total. The lowest BCUT2D eigenvalue weighted by Gasteiger charge is -2.17. The van der Waals surface area contributed by atoms with E-state index < -0.39 is 17.6 Å². The van der Waals surface area contributed by atoms with Crippen LogP contribution in [-0.4, -0.2) is 31.2 Å². The second kappa shape index (κ2) is 8.28. The third-order valence-corrected chi connectivity index (χ3v) is 7.85. The van der Waals surface area contributed by atoms with E-state index in [0.29, 0.717) is 16.9 Å². The fraction of sp³-hybridized carbons (Fsp3) is 0.364. The Morgan fingerprint density at radius 1 is 1.30 bits per heavy atom. The van der Waals surface area contributed by atoms with E-state index in [2.05, 4.69) is 22.4 Å². The summed E-state index contributed by atoms with van der Waals surface area (Å²) in [7, 11) is 0. The molecule has 0 bridgehead atoms. The van der Waals surface area contributed by atoms with Crippen molar-refractivity contribution < 1.29 is 18.0 Å². The number of para-hydroxylation sites is 1. The van der Waals surface area contributed by atoms with Gasteiger partial charge in [0.05, 0.1) is 22.4 Å². The van der Waals surface area contributed by atoms with Gasteiger partial charge in [-0.05, 0) is 49.8 Å². The number of amides is 1. The second-order valence-electron chi connectivity index (χ2n) is 8.21. The third kappa shape index (κ3) is 4.08. The number of hydrogen-bond acceptors (Lipinski definition) is 6. The van der Waals surface area contributed by atoms with Crippen molar-refractivity contribution in [3.05, 3.63) is 46.1 Å². The van der Waals surface area contributed by atoms with Crippen LogP contribution in [0.25, 0.3) is 15.9 Å². The number of thioether (sulfide) groups is 1. The van der Waals surface area contributed by atoms with Crippen LogP contribution in [0.5, 0.6) is 0 Å². The van der Waals surface area contributed by atoms with Crippen LogP contribution in [0.4, 0.5) is 18.9 Å². The van der Waals surface area contributed by atoms with Gasteiger partial charge in [0.2, 0.25) is 5.91 Å². The SMILES string of the molecule is Cc1nc2sc3c(c2c2nnc(SCC(=O)Nc4ccccc4C(F)(F)F)n12)CC[C@H](C)C3. The number of alkyl halides is 3. The Bertz CT molecular complexity index is 1380. The zero-order chi connectivity index (χ0) is 23.3. The summed E-state index contributed by atoms with van der Waals surface area (Å²) in [6, 6.07) is 4.92. The van der Waals surface area contributed by atoms with Gasteiger partial charge < -0.3 is 5.32 Å². The summed E-state index contributed by atoms with van der Waals surface area (Å²) in [4.78, 5) is 19.5. The Morgan fingerprint density at radius 2 is 2.09 bits per heavy atom. The van der Waals surface area contributed by atoms with Gasteiger partial charge in [-0.3, -0.25) is 9.20 Å². The zero-order valence-corrected chi connectivity index (χ0v) is 19.5. The Labute approximate surface area is 195 Å². The molecule has 11 heteroatoms. The van der Waals surface area contributed by atoms with E-state index in [9.17, 15) is 18.0 Å². The summed E-state index contributed by atoms with van der Waals surface area (Å²) in [5.74, 6) is 0.693. The molecule has 1 aliphatic rings. The first kappa shape index (κ1) is 22.1. The van der Waals surface area contributed by atoms with Gasteiger partial charge in [-0.15, -0.1) is 21.5 Å². The van der Waals surface area contributed by atoms with E-state index in [1.807, 2.05) is 11.3 Å². The molecule has 1 atom stereocenters. The molecule has 1 aromatic carbocycles. The zero-order valence-electron chi connectivity index (χ0n) is 17.9. The van der Waals surface area contributed by atoms with E-state index in [0.717, 1.165) is 53.0 Å². The van der Waals surface area contributed by atoms with E-state index in [1.54, 1.807) is 11.3 Å². The van der Waals surface area contributed by atoms with Crippen molar-refractivity contribution in [3.63, 3.8) is 0 Å². The predicted molar refractivity (Wildman–Crippen MR) is 123 cm³/mol. The lowest BCUT2D eigenvalue weighted by molar-refractivity contribution is -0.137. The molecule has 4 aromatic rings. The van der Waals surface area contributed by atoms with E-state index in [4.69, 9.17) is 4.98 Å². The number of hydrogen-bond donors (Lipinski definition) is 1. The summed E-state index contributed by atoms with van der Waals surface area (Å²) in [5.41, 5.74) is 0.863. The van der Waals surface area contributed by atoms with Gasteiger partial charge in [-0.25, -0.2) is 4.98 Å². The Balaban J connectivity index is 1.40. The number of carbonyl (C=O) groups is 1. The molecule has 0 aliphatic heterocycles. The van der Waals surface area contributed by atoms with Gasteiger partial charge in [0.1, 0.15) is 10.7 Å². The number of anilines is 1. The van der Waals surface area contributed by atoms with Gasteiger partial charge in [0.15, 0.2) is 10.8 Å². The van der Waals surface area contributed by atoms with Crippen LogP contribution in [-0.2, 0) is 23.8 Å². The quantitative estimate of drug-likeness (QED) is 0.381. The number of benzene rings is 1. The smallest absolute Gasteiger partial charge is 0.325 e. The van der Waals surface area contributed by atoms with Crippen molar-refractivity contribution in [1.29, 1.82) is 0 Å². The summed E-state index contributed by atoms with van der Waals surface area (Å²) >= 11 is 2.83. The van der Waals surface area contributed by atoms with Crippen LogP contribution in [0.1, 0.15) is 35.2 Å². The first-order valence-corrected chi connectivity index (χ1v) is 12.3. The Hall–Kier alpha value is -2.66. The molecule has 0 unspecified atom stereocenters. The molecular formula is C22H20F3N5OS2. The number of fused-ring (bicyclic) bond motifs is 5. The highest BCUT2D eigenvalue weighted by Crippen LogP contribution is 2.40. The minimum atomic E-state index is -4.55. The number of thiophene rings is 1. The number of rotatable bonds is 4. The fourth-order valence-electron chi connectivity index (χ4n) is 4.22. The fourth-order valence-corrected chi connectivity index (χ4v) is 6.42. The molecule has 1 amide bonds. The average Bonchev–Trinajstić information content (AvgIpc) is 3.32.